The Kier molecular flexibility index (Phi) is 5.00. The number of ketones is 1. The number of carbonyl (C=O) groups excluding carboxylic acids is 2. The van der Waals surface area contributed by atoms with Crippen molar-refractivity contribution in [2.24, 2.45) is 28.1 Å². The largest absolute Gasteiger partial charge is 0.462 e. The lowest BCUT2D eigenvalue weighted by atomic mass is 9.44. The van der Waals surface area contributed by atoms with E-state index in [1.165, 1.54) is 12.5 Å². The van der Waals surface area contributed by atoms with E-state index in [1.807, 2.05) is 0 Å². The molecular weight excluding hydrogens is 392 g/mol. The van der Waals surface area contributed by atoms with Crippen molar-refractivity contribution in [3.8, 4) is 0 Å². The summed E-state index contributed by atoms with van der Waals surface area (Å²) in [5.74, 6) is 0.837. The predicted molar refractivity (Wildman–Crippen MR) is 107 cm³/mol. The van der Waals surface area contributed by atoms with Gasteiger partial charge in [0, 0.05) is 23.7 Å². The number of allylic oxidation sites excluding steroid dienone is 2. The highest BCUT2D eigenvalue weighted by Gasteiger charge is 2.61. The van der Waals surface area contributed by atoms with Crippen LogP contribution in [0.2, 0.25) is 0 Å². The Bertz CT molecular complexity index is 652. The second-order valence-electron chi connectivity index (χ2n) is 9.79. The van der Waals surface area contributed by atoms with Gasteiger partial charge in [-0.15, -0.1) is 0 Å². The highest BCUT2D eigenvalue weighted by Crippen LogP contribution is 2.64. The lowest BCUT2D eigenvalue weighted by molar-refractivity contribution is -0.174. The molecule has 0 amide bonds. The first-order chi connectivity index (χ1) is 12.0. The molecule has 2 fully saturated rings. The monoisotopic (exact) mass is 424 g/mol. The minimum Gasteiger partial charge on any atom is -0.462 e. The number of fused-ring (bicyclic) bond motifs is 3. The Balaban J connectivity index is 2.00. The maximum Gasteiger partial charge on any atom is 0.302 e. The Labute approximate surface area is 166 Å². The molecular formula is C22H33BrO3. The summed E-state index contributed by atoms with van der Waals surface area (Å²) in [6.45, 7) is 12.6. The number of hydrogen-bond acceptors (Lipinski definition) is 3. The van der Waals surface area contributed by atoms with Gasteiger partial charge in [-0.3, -0.25) is 9.59 Å². The first-order valence-electron chi connectivity index (χ1n) is 10.0. The average Bonchev–Trinajstić information content (AvgIpc) is 2.54. The van der Waals surface area contributed by atoms with Crippen molar-refractivity contribution in [2.45, 2.75) is 84.6 Å². The van der Waals surface area contributed by atoms with Crippen molar-refractivity contribution in [1.82, 2.24) is 0 Å². The quantitative estimate of drug-likeness (QED) is 0.335. The van der Waals surface area contributed by atoms with E-state index in [4.69, 9.17) is 4.74 Å². The zero-order valence-electron chi connectivity index (χ0n) is 17.0. The number of rotatable bonds is 2. The zero-order chi connectivity index (χ0) is 19.5. The van der Waals surface area contributed by atoms with E-state index in [0.29, 0.717) is 11.7 Å². The lowest BCUT2D eigenvalue weighted by Gasteiger charge is -2.61. The summed E-state index contributed by atoms with van der Waals surface area (Å²) in [5.41, 5.74) is 1.11. The van der Waals surface area contributed by atoms with Crippen molar-refractivity contribution in [1.29, 1.82) is 0 Å². The summed E-state index contributed by atoms with van der Waals surface area (Å²) in [7, 11) is 0. The van der Waals surface area contributed by atoms with Gasteiger partial charge in [0.2, 0.25) is 0 Å². The molecule has 0 radical (unpaired) electrons. The van der Waals surface area contributed by atoms with Crippen LogP contribution in [0.1, 0.15) is 73.6 Å². The number of esters is 1. The molecule has 0 spiro atoms. The first kappa shape index (κ1) is 20.1. The van der Waals surface area contributed by atoms with Gasteiger partial charge in [-0.2, -0.15) is 0 Å². The molecule has 146 valence electrons. The van der Waals surface area contributed by atoms with E-state index in [-0.39, 0.29) is 39.1 Å². The molecule has 0 bridgehead atoms. The minimum atomic E-state index is -0.340. The Morgan fingerprint density at radius 2 is 1.92 bits per heavy atom. The first-order valence-corrected chi connectivity index (χ1v) is 11.0. The van der Waals surface area contributed by atoms with Crippen LogP contribution < -0.4 is 0 Å². The number of hydrogen-bond donors (Lipinski definition) is 0. The molecule has 3 rings (SSSR count). The van der Waals surface area contributed by atoms with Crippen LogP contribution in [0.5, 0.6) is 0 Å². The van der Waals surface area contributed by atoms with E-state index >= 15 is 0 Å². The van der Waals surface area contributed by atoms with E-state index in [9.17, 15) is 9.59 Å². The van der Waals surface area contributed by atoms with Gasteiger partial charge in [0.25, 0.3) is 0 Å². The van der Waals surface area contributed by atoms with E-state index in [1.54, 1.807) is 0 Å². The lowest BCUT2D eigenvalue weighted by Crippen LogP contribution is -2.59. The Morgan fingerprint density at radius 3 is 2.50 bits per heavy atom. The SMILES string of the molecule is CCC1(C)C=C2CCC3C(C)(C)C(OC(C)=O)CCC3(C)C2C(Br)C1=O. The summed E-state index contributed by atoms with van der Waals surface area (Å²) in [6.07, 6.45) is 7.15. The van der Waals surface area contributed by atoms with Gasteiger partial charge in [0.1, 0.15) is 6.10 Å². The normalized spacial score (nSPS) is 44.6. The van der Waals surface area contributed by atoms with Crippen molar-refractivity contribution in [2.75, 3.05) is 0 Å². The van der Waals surface area contributed by atoms with Crippen LogP contribution in [0, 0.1) is 28.1 Å². The fraction of sp³-hybridized carbons (Fsp3) is 0.818. The summed E-state index contributed by atoms with van der Waals surface area (Å²) < 4.78 is 5.70. The second kappa shape index (κ2) is 6.46. The fourth-order valence-corrected chi connectivity index (χ4v) is 7.81. The molecule has 0 saturated heterocycles. The predicted octanol–water partition coefficient (Wildman–Crippen LogP) is 5.46. The van der Waals surface area contributed by atoms with Crippen molar-refractivity contribution < 1.29 is 14.3 Å². The van der Waals surface area contributed by atoms with Gasteiger partial charge in [0.15, 0.2) is 5.78 Å². The molecule has 6 unspecified atom stereocenters. The van der Waals surface area contributed by atoms with Gasteiger partial charge in [-0.25, -0.2) is 0 Å². The molecule has 0 aliphatic heterocycles. The van der Waals surface area contributed by atoms with Gasteiger partial charge in [-0.1, -0.05) is 55.3 Å². The smallest absolute Gasteiger partial charge is 0.302 e. The van der Waals surface area contributed by atoms with Crippen molar-refractivity contribution in [3.63, 3.8) is 0 Å². The minimum absolute atomic E-state index is 0.0300. The van der Waals surface area contributed by atoms with E-state index < -0.39 is 0 Å². The Morgan fingerprint density at radius 1 is 1.27 bits per heavy atom. The standard InChI is InChI=1S/C22H33BrO3/c1-7-21(5)12-14-8-9-15-20(3,4)16(26-13(2)24)10-11-22(15,6)17(14)18(23)19(21)25/h12,15-18H,7-11H2,1-6H3. The van der Waals surface area contributed by atoms with Gasteiger partial charge in [0.05, 0.1) is 4.83 Å². The topological polar surface area (TPSA) is 43.4 Å². The zero-order valence-corrected chi connectivity index (χ0v) is 18.6. The van der Waals surface area contributed by atoms with Crippen LogP contribution in [-0.2, 0) is 14.3 Å². The van der Waals surface area contributed by atoms with E-state index in [0.717, 1.165) is 32.1 Å². The molecule has 3 aliphatic carbocycles. The fourth-order valence-electron chi connectivity index (χ4n) is 6.34. The third kappa shape index (κ3) is 2.82. The third-order valence-electron chi connectivity index (χ3n) is 7.95. The van der Waals surface area contributed by atoms with Gasteiger partial charge >= 0.3 is 5.97 Å². The number of Topliss-reactive ketones (excluding diaryl/α,β-unsaturated/α-hetero) is 1. The molecule has 2 saturated carbocycles. The van der Waals surface area contributed by atoms with Gasteiger partial charge < -0.3 is 4.74 Å². The maximum atomic E-state index is 13.2. The highest BCUT2D eigenvalue weighted by molar-refractivity contribution is 9.10. The molecule has 3 aliphatic rings. The van der Waals surface area contributed by atoms with Crippen LogP contribution in [0.4, 0.5) is 0 Å². The number of carbonyl (C=O) groups is 2. The number of ether oxygens (including phenoxy) is 1. The molecule has 0 N–H and O–H groups in total. The Hall–Kier alpha value is -0.640. The number of alkyl halides is 1. The molecule has 0 aromatic rings. The van der Waals surface area contributed by atoms with Crippen LogP contribution in [0.3, 0.4) is 0 Å². The summed E-state index contributed by atoms with van der Waals surface area (Å²) in [5, 5.41) is 0. The molecule has 0 aromatic heterocycles. The van der Waals surface area contributed by atoms with E-state index in [2.05, 4.69) is 56.6 Å². The van der Waals surface area contributed by atoms with Crippen LogP contribution >= 0.6 is 15.9 Å². The van der Waals surface area contributed by atoms with Crippen LogP contribution in [-0.4, -0.2) is 22.7 Å². The molecule has 0 aromatic carbocycles. The molecule has 6 atom stereocenters. The second-order valence-corrected chi connectivity index (χ2v) is 10.8. The highest BCUT2D eigenvalue weighted by atomic mass is 79.9. The van der Waals surface area contributed by atoms with Crippen LogP contribution in [0.15, 0.2) is 11.6 Å². The maximum absolute atomic E-state index is 13.2. The average molecular weight is 425 g/mol. The summed E-state index contributed by atoms with van der Waals surface area (Å²) in [4.78, 5) is 24.6. The molecule has 26 heavy (non-hydrogen) atoms. The number of halogens is 1. The van der Waals surface area contributed by atoms with Gasteiger partial charge in [-0.05, 0) is 50.4 Å². The molecule has 0 heterocycles. The summed E-state index contributed by atoms with van der Waals surface area (Å²) in [6, 6.07) is 0. The summed E-state index contributed by atoms with van der Waals surface area (Å²) >= 11 is 3.83. The third-order valence-corrected chi connectivity index (χ3v) is 8.90. The van der Waals surface area contributed by atoms with Crippen molar-refractivity contribution in [3.05, 3.63) is 11.6 Å². The van der Waals surface area contributed by atoms with Crippen LogP contribution in [0.25, 0.3) is 0 Å². The molecule has 3 nitrogen and oxygen atoms in total. The molecule has 4 heteroatoms. The van der Waals surface area contributed by atoms with Crippen molar-refractivity contribution >= 4 is 27.7 Å².